The first-order valence-electron chi connectivity index (χ1n) is 8.49. The number of carbonyl (C=O) groups excluding carboxylic acids is 2. The van der Waals surface area contributed by atoms with Crippen LogP contribution in [0, 0.1) is 0 Å². The number of hydrogen-bond donors (Lipinski definition) is 1. The molecule has 142 valence electrons. The van der Waals surface area contributed by atoms with E-state index in [9.17, 15) is 18.0 Å². The van der Waals surface area contributed by atoms with Gasteiger partial charge in [-0.2, -0.15) is 0 Å². The first kappa shape index (κ1) is 19.4. The first-order chi connectivity index (χ1) is 12.8. The Morgan fingerprint density at radius 1 is 1.19 bits per heavy atom. The van der Waals surface area contributed by atoms with E-state index in [0.29, 0.717) is 26.9 Å². The largest absolute Gasteiger partial charge is 0.348 e. The fraction of sp³-hybridized carbons (Fsp3) is 0.263. The van der Waals surface area contributed by atoms with Crippen molar-refractivity contribution < 1.29 is 18.0 Å². The third-order valence-corrected chi connectivity index (χ3v) is 6.35. The Hall–Kier alpha value is -2.38. The molecule has 0 radical (unpaired) electrons. The first-order valence-corrected chi connectivity index (χ1v) is 10.5. The molecule has 6 nitrogen and oxygen atoms in total. The van der Waals surface area contributed by atoms with E-state index in [2.05, 4.69) is 5.32 Å². The fourth-order valence-electron chi connectivity index (χ4n) is 3.05. The third kappa shape index (κ3) is 4.14. The van der Waals surface area contributed by atoms with Gasteiger partial charge in [0, 0.05) is 10.6 Å². The van der Waals surface area contributed by atoms with Gasteiger partial charge in [-0.1, -0.05) is 48.9 Å². The molecule has 1 aliphatic heterocycles. The Bertz CT molecular complexity index is 973. The van der Waals surface area contributed by atoms with Crippen molar-refractivity contribution in [3.05, 3.63) is 70.2 Å². The summed E-state index contributed by atoms with van der Waals surface area (Å²) in [6, 6.07) is 13.3. The molecule has 0 aliphatic carbocycles. The van der Waals surface area contributed by atoms with Gasteiger partial charge in [-0.15, -0.1) is 0 Å². The van der Waals surface area contributed by atoms with E-state index < -0.39 is 28.4 Å². The Balaban J connectivity index is 1.76. The van der Waals surface area contributed by atoms with Crippen molar-refractivity contribution in [3.8, 4) is 0 Å². The zero-order chi connectivity index (χ0) is 19.6. The third-order valence-electron chi connectivity index (χ3n) is 4.45. The SMILES string of the molecule is CCC(NC(=O)CN1C(=O)c2ccccc2CS1(=O)=O)c1ccc(Cl)cc1. The number of carbonyl (C=O) groups is 2. The number of fused-ring (bicyclic) bond motifs is 1. The van der Waals surface area contributed by atoms with E-state index in [0.717, 1.165) is 5.56 Å². The van der Waals surface area contributed by atoms with Crippen molar-refractivity contribution in [3.63, 3.8) is 0 Å². The van der Waals surface area contributed by atoms with Crippen LogP contribution in [-0.2, 0) is 20.6 Å². The maximum atomic E-state index is 12.6. The fourth-order valence-corrected chi connectivity index (χ4v) is 4.64. The molecule has 0 bridgehead atoms. The molecule has 1 atom stereocenters. The number of nitrogens with zero attached hydrogens (tertiary/aromatic N) is 1. The monoisotopic (exact) mass is 406 g/mol. The van der Waals surface area contributed by atoms with Gasteiger partial charge in [0.2, 0.25) is 15.9 Å². The van der Waals surface area contributed by atoms with Gasteiger partial charge in [-0.3, -0.25) is 9.59 Å². The van der Waals surface area contributed by atoms with Gasteiger partial charge < -0.3 is 5.32 Å². The van der Waals surface area contributed by atoms with Crippen LogP contribution in [0.4, 0.5) is 0 Å². The van der Waals surface area contributed by atoms with Crippen LogP contribution >= 0.6 is 11.6 Å². The van der Waals surface area contributed by atoms with Crippen molar-refractivity contribution in [2.75, 3.05) is 6.54 Å². The van der Waals surface area contributed by atoms with E-state index >= 15 is 0 Å². The molecule has 2 aromatic carbocycles. The van der Waals surface area contributed by atoms with E-state index in [-0.39, 0.29) is 11.8 Å². The second-order valence-corrected chi connectivity index (χ2v) is 8.63. The minimum Gasteiger partial charge on any atom is -0.348 e. The van der Waals surface area contributed by atoms with Crippen molar-refractivity contribution in [2.45, 2.75) is 25.1 Å². The summed E-state index contributed by atoms with van der Waals surface area (Å²) < 4.78 is 25.6. The van der Waals surface area contributed by atoms with Gasteiger partial charge in [-0.05, 0) is 35.7 Å². The number of halogens is 1. The molecule has 2 amide bonds. The normalized spacial score (nSPS) is 16.5. The van der Waals surface area contributed by atoms with Crippen molar-refractivity contribution >= 4 is 33.4 Å². The van der Waals surface area contributed by atoms with E-state index in [1.807, 2.05) is 6.92 Å². The van der Waals surface area contributed by atoms with Crippen LogP contribution in [0.25, 0.3) is 0 Å². The number of nitrogens with one attached hydrogen (secondary N) is 1. The smallest absolute Gasteiger partial charge is 0.268 e. The average molecular weight is 407 g/mol. The highest BCUT2D eigenvalue weighted by Crippen LogP contribution is 2.25. The zero-order valence-electron chi connectivity index (χ0n) is 14.7. The van der Waals surface area contributed by atoms with Crippen LogP contribution in [0.15, 0.2) is 48.5 Å². The topological polar surface area (TPSA) is 83.6 Å². The van der Waals surface area contributed by atoms with Gasteiger partial charge >= 0.3 is 0 Å². The number of hydrogen-bond acceptors (Lipinski definition) is 4. The molecule has 2 aromatic rings. The van der Waals surface area contributed by atoms with Gasteiger partial charge in [0.05, 0.1) is 11.8 Å². The van der Waals surface area contributed by atoms with E-state index in [1.54, 1.807) is 48.5 Å². The molecular weight excluding hydrogens is 388 g/mol. The summed E-state index contributed by atoms with van der Waals surface area (Å²) in [5, 5.41) is 3.38. The quantitative estimate of drug-likeness (QED) is 0.827. The Morgan fingerprint density at radius 2 is 1.85 bits per heavy atom. The Kier molecular flexibility index (Phi) is 5.53. The number of rotatable bonds is 5. The minimum atomic E-state index is -3.89. The van der Waals surface area contributed by atoms with Gasteiger partial charge in [0.15, 0.2) is 0 Å². The lowest BCUT2D eigenvalue weighted by Gasteiger charge is -2.28. The molecule has 27 heavy (non-hydrogen) atoms. The van der Waals surface area contributed by atoms with Crippen LogP contribution < -0.4 is 5.32 Å². The summed E-state index contributed by atoms with van der Waals surface area (Å²) in [5.41, 5.74) is 1.62. The Morgan fingerprint density at radius 3 is 2.52 bits per heavy atom. The highest BCUT2D eigenvalue weighted by atomic mass is 35.5. The van der Waals surface area contributed by atoms with Crippen LogP contribution in [0.1, 0.15) is 40.9 Å². The zero-order valence-corrected chi connectivity index (χ0v) is 16.3. The van der Waals surface area contributed by atoms with Crippen LogP contribution in [0.2, 0.25) is 5.02 Å². The lowest BCUT2D eigenvalue weighted by atomic mass is 10.0. The molecule has 1 aliphatic rings. The predicted molar refractivity (Wildman–Crippen MR) is 103 cm³/mol. The molecule has 8 heteroatoms. The second kappa shape index (κ2) is 7.70. The molecule has 1 unspecified atom stereocenters. The summed E-state index contributed by atoms with van der Waals surface area (Å²) in [6.07, 6.45) is 0.608. The minimum absolute atomic E-state index is 0.295. The van der Waals surface area contributed by atoms with Crippen LogP contribution in [-0.4, -0.2) is 31.1 Å². The van der Waals surface area contributed by atoms with Gasteiger partial charge in [0.1, 0.15) is 6.54 Å². The molecule has 0 saturated carbocycles. The lowest BCUT2D eigenvalue weighted by molar-refractivity contribution is -0.121. The molecule has 3 rings (SSSR count). The molecule has 1 N–H and O–H groups in total. The maximum absolute atomic E-state index is 12.6. The van der Waals surface area contributed by atoms with E-state index in [1.165, 1.54) is 0 Å². The molecule has 0 fully saturated rings. The van der Waals surface area contributed by atoms with E-state index in [4.69, 9.17) is 11.6 Å². The Labute approximate surface area is 163 Å². The number of benzene rings is 2. The summed E-state index contributed by atoms with van der Waals surface area (Å²) in [7, 11) is -3.89. The molecule has 0 spiro atoms. The molecule has 0 saturated heterocycles. The maximum Gasteiger partial charge on any atom is 0.268 e. The summed E-state index contributed by atoms with van der Waals surface area (Å²) in [6.45, 7) is 1.36. The second-order valence-electron chi connectivity index (χ2n) is 6.31. The highest BCUT2D eigenvalue weighted by molar-refractivity contribution is 7.89. The predicted octanol–water partition coefficient (Wildman–Crippen LogP) is 2.89. The van der Waals surface area contributed by atoms with Crippen molar-refractivity contribution in [1.82, 2.24) is 9.62 Å². The molecule has 1 heterocycles. The lowest BCUT2D eigenvalue weighted by Crippen LogP contribution is -2.47. The highest BCUT2D eigenvalue weighted by Gasteiger charge is 2.37. The van der Waals surface area contributed by atoms with Gasteiger partial charge in [-0.25, -0.2) is 12.7 Å². The summed E-state index contributed by atoms with van der Waals surface area (Å²) in [5.74, 6) is -1.50. The van der Waals surface area contributed by atoms with Crippen molar-refractivity contribution in [1.29, 1.82) is 0 Å². The molecular formula is C19H19ClN2O4S. The number of amides is 2. The van der Waals surface area contributed by atoms with Crippen molar-refractivity contribution in [2.24, 2.45) is 0 Å². The number of sulfonamides is 1. The van der Waals surface area contributed by atoms with Crippen LogP contribution in [0.5, 0.6) is 0 Å². The van der Waals surface area contributed by atoms with Crippen LogP contribution in [0.3, 0.4) is 0 Å². The van der Waals surface area contributed by atoms with Gasteiger partial charge in [0.25, 0.3) is 5.91 Å². The molecule has 0 aromatic heterocycles. The summed E-state index contributed by atoms with van der Waals surface area (Å²) >= 11 is 5.88. The summed E-state index contributed by atoms with van der Waals surface area (Å²) in [4.78, 5) is 25.1. The average Bonchev–Trinajstić information content (AvgIpc) is 2.63. The standard InChI is InChI=1S/C19H19ClN2O4S/c1-2-17(13-7-9-15(20)10-8-13)21-18(23)11-22-19(24)16-6-4-3-5-14(16)12-27(22,25)26/h3-10,17H,2,11-12H2,1H3,(H,21,23).